The Morgan fingerprint density at radius 1 is 1.08 bits per heavy atom. The van der Waals surface area contributed by atoms with E-state index in [1.54, 1.807) is 30.3 Å². The minimum absolute atomic E-state index is 0.0819. The van der Waals surface area contributed by atoms with Crippen molar-refractivity contribution in [2.24, 2.45) is 0 Å². The molecule has 24 heavy (non-hydrogen) atoms. The van der Waals surface area contributed by atoms with Gasteiger partial charge in [-0.15, -0.1) is 0 Å². The van der Waals surface area contributed by atoms with Crippen molar-refractivity contribution in [2.45, 2.75) is 24.3 Å². The van der Waals surface area contributed by atoms with Crippen LogP contribution in [0.1, 0.15) is 35.3 Å². The maximum Gasteiger partial charge on any atom is 0.305 e. The summed E-state index contributed by atoms with van der Waals surface area (Å²) in [4.78, 5) is 22.4. The molecule has 0 fully saturated rings. The van der Waals surface area contributed by atoms with E-state index in [1.165, 1.54) is 31.2 Å². The molecule has 0 aliphatic heterocycles. The number of aliphatic carboxylic acids is 1. The quantitative estimate of drug-likeness (QED) is 0.749. The van der Waals surface area contributed by atoms with E-state index < -0.39 is 28.5 Å². The average molecular weight is 347 g/mol. The number of benzene rings is 2. The average Bonchev–Trinajstić information content (AvgIpc) is 2.54. The molecule has 2 N–H and O–H groups in total. The number of hydrogen-bond donors (Lipinski definition) is 2. The second-order valence-electron chi connectivity index (χ2n) is 5.27. The molecule has 6 nitrogen and oxygen atoms in total. The maximum atomic E-state index is 12.6. The van der Waals surface area contributed by atoms with Crippen molar-refractivity contribution in [3.05, 3.63) is 65.7 Å². The van der Waals surface area contributed by atoms with E-state index in [9.17, 15) is 18.0 Å². The first kappa shape index (κ1) is 17.8. The Morgan fingerprint density at radius 2 is 1.75 bits per heavy atom. The molecule has 0 aromatic heterocycles. The number of carboxylic acid groups (broad SMARTS) is 1. The maximum absolute atomic E-state index is 12.6. The van der Waals surface area contributed by atoms with Gasteiger partial charge in [-0.3, -0.25) is 9.59 Å². The molecular weight excluding hydrogens is 330 g/mol. The van der Waals surface area contributed by atoms with E-state index in [-0.39, 0.29) is 16.2 Å². The summed E-state index contributed by atoms with van der Waals surface area (Å²) in [7, 11) is -3.97. The van der Waals surface area contributed by atoms with Gasteiger partial charge in [-0.2, -0.15) is 0 Å². The van der Waals surface area contributed by atoms with Crippen molar-refractivity contribution in [1.82, 2.24) is 4.72 Å². The lowest BCUT2D eigenvalue weighted by Gasteiger charge is -2.17. The van der Waals surface area contributed by atoms with Crippen molar-refractivity contribution in [3.63, 3.8) is 0 Å². The summed E-state index contributed by atoms with van der Waals surface area (Å²) in [5, 5.41) is 9.05. The third kappa shape index (κ3) is 4.50. The van der Waals surface area contributed by atoms with Crippen molar-refractivity contribution < 1.29 is 23.1 Å². The van der Waals surface area contributed by atoms with Gasteiger partial charge >= 0.3 is 5.97 Å². The number of rotatable bonds is 7. The molecule has 2 aromatic carbocycles. The molecule has 126 valence electrons. The molecule has 0 radical (unpaired) electrons. The first-order valence-corrected chi connectivity index (χ1v) is 8.68. The van der Waals surface area contributed by atoms with Gasteiger partial charge in [-0.1, -0.05) is 42.5 Å². The van der Waals surface area contributed by atoms with Crippen LogP contribution in [0.5, 0.6) is 0 Å². The molecule has 0 bridgehead atoms. The summed E-state index contributed by atoms with van der Waals surface area (Å²) in [5.74, 6) is -1.37. The van der Waals surface area contributed by atoms with Crippen molar-refractivity contribution in [3.8, 4) is 0 Å². The van der Waals surface area contributed by atoms with Gasteiger partial charge in [0, 0.05) is 5.56 Å². The van der Waals surface area contributed by atoms with Crippen molar-refractivity contribution in [1.29, 1.82) is 0 Å². The van der Waals surface area contributed by atoms with Gasteiger partial charge < -0.3 is 5.11 Å². The molecule has 7 heteroatoms. The minimum atomic E-state index is -3.97. The summed E-state index contributed by atoms with van der Waals surface area (Å²) < 4.78 is 27.5. The Balaban J connectivity index is 2.35. The Labute approximate surface area is 140 Å². The van der Waals surface area contributed by atoms with Gasteiger partial charge in [0.1, 0.15) is 0 Å². The fourth-order valence-corrected chi connectivity index (χ4v) is 3.49. The topological polar surface area (TPSA) is 101 Å². The molecule has 0 aliphatic rings. The largest absolute Gasteiger partial charge is 0.481 e. The predicted octanol–water partition coefficient (Wildman–Crippen LogP) is 2.38. The zero-order valence-corrected chi connectivity index (χ0v) is 13.8. The molecule has 0 saturated carbocycles. The van der Waals surface area contributed by atoms with E-state index in [0.29, 0.717) is 5.56 Å². The van der Waals surface area contributed by atoms with Crippen LogP contribution < -0.4 is 4.72 Å². The molecule has 0 amide bonds. The molecule has 0 heterocycles. The Hall–Kier alpha value is -2.51. The molecule has 0 aliphatic carbocycles. The number of hydrogen-bond acceptors (Lipinski definition) is 4. The molecule has 2 rings (SSSR count). The standard InChI is InChI=1S/C17H17NO5S/c1-12(19)14-8-5-9-15(10-14)24(22,23)18-16(11-17(20)21)13-6-3-2-4-7-13/h2-10,16,18H,11H2,1H3,(H,20,21)/t16-/m1/s1. The summed E-state index contributed by atoms with van der Waals surface area (Å²) in [5.41, 5.74) is 0.818. The van der Waals surface area contributed by atoms with E-state index in [1.807, 2.05) is 0 Å². The zero-order chi connectivity index (χ0) is 17.7. The molecular formula is C17H17NO5S. The summed E-state index contributed by atoms with van der Waals surface area (Å²) in [6, 6.07) is 13.2. The van der Waals surface area contributed by atoms with E-state index in [0.717, 1.165) is 0 Å². The SMILES string of the molecule is CC(=O)c1cccc(S(=O)(=O)N[C@H](CC(=O)O)c2ccccc2)c1. The number of nitrogens with one attached hydrogen (secondary N) is 1. The second-order valence-corrected chi connectivity index (χ2v) is 6.98. The third-order valence-corrected chi connectivity index (χ3v) is 4.90. The van der Waals surface area contributed by atoms with Crippen LogP contribution in [0.3, 0.4) is 0 Å². The summed E-state index contributed by atoms with van der Waals surface area (Å²) in [6.07, 6.45) is -0.393. The van der Waals surface area contributed by atoms with Gasteiger partial charge in [-0.05, 0) is 24.6 Å². The van der Waals surface area contributed by atoms with Crippen molar-refractivity contribution >= 4 is 21.8 Å². The second kappa shape index (κ2) is 7.37. The number of carboxylic acids is 1. The van der Waals surface area contributed by atoms with Crippen LogP contribution in [0.2, 0.25) is 0 Å². The van der Waals surface area contributed by atoms with Crippen LogP contribution in [0.15, 0.2) is 59.5 Å². The zero-order valence-electron chi connectivity index (χ0n) is 13.0. The number of carbonyl (C=O) groups is 2. The fourth-order valence-electron chi connectivity index (χ4n) is 2.23. The lowest BCUT2D eigenvalue weighted by molar-refractivity contribution is -0.137. The highest BCUT2D eigenvalue weighted by Crippen LogP contribution is 2.21. The third-order valence-electron chi connectivity index (χ3n) is 3.43. The number of ketones is 1. The molecule has 0 saturated heterocycles. The smallest absolute Gasteiger partial charge is 0.305 e. The van der Waals surface area contributed by atoms with Gasteiger partial charge in [0.25, 0.3) is 0 Å². The van der Waals surface area contributed by atoms with Crippen molar-refractivity contribution in [2.75, 3.05) is 0 Å². The van der Waals surface area contributed by atoms with Crippen LogP contribution in [0.4, 0.5) is 0 Å². The Morgan fingerprint density at radius 3 is 2.33 bits per heavy atom. The molecule has 0 unspecified atom stereocenters. The first-order chi connectivity index (χ1) is 11.3. The predicted molar refractivity (Wildman–Crippen MR) is 88.2 cm³/mol. The van der Waals surface area contributed by atoms with Gasteiger partial charge in [-0.25, -0.2) is 13.1 Å². The minimum Gasteiger partial charge on any atom is -0.481 e. The van der Waals surface area contributed by atoms with E-state index in [4.69, 9.17) is 5.11 Å². The molecule has 2 aromatic rings. The van der Waals surface area contributed by atoms with Crippen LogP contribution in [-0.4, -0.2) is 25.3 Å². The lowest BCUT2D eigenvalue weighted by atomic mass is 10.1. The summed E-state index contributed by atoms with van der Waals surface area (Å²) in [6.45, 7) is 1.34. The van der Waals surface area contributed by atoms with Crippen LogP contribution >= 0.6 is 0 Å². The summed E-state index contributed by atoms with van der Waals surface area (Å²) >= 11 is 0. The van der Waals surface area contributed by atoms with Gasteiger partial charge in [0.05, 0.1) is 17.4 Å². The van der Waals surface area contributed by atoms with Crippen LogP contribution in [-0.2, 0) is 14.8 Å². The normalized spacial score (nSPS) is 12.5. The first-order valence-electron chi connectivity index (χ1n) is 7.19. The van der Waals surface area contributed by atoms with Gasteiger partial charge in [0.2, 0.25) is 10.0 Å². The van der Waals surface area contributed by atoms with Crippen LogP contribution in [0, 0.1) is 0 Å². The fraction of sp³-hybridized carbons (Fsp3) is 0.176. The lowest BCUT2D eigenvalue weighted by Crippen LogP contribution is -2.30. The highest BCUT2D eigenvalue weighted by Gasteiger charge is 2.24. The van der Waals surface area contributed by atoms with E-state index >= 15 is 0 Å². The molecule has 1 atom stereocenters. The number of sulfonamides is 1. The Bertz CT molecular complexity index is 846. The Kier molecular flexibility index (Phi) is 5.48. The highest BCUT2D eigenvalue weighted by atomic mass is 32.2. The van der Waals surface area contributed by atoms with Crippen LogP contribution in [0.25, 0.3) is 0 Å². The highest BCUT2D eigenvalue weighted by molar-refractivity contribution is 7.89. The molecule has 0 spiro atoms. The van der Waals surface area contributed by atoms with Gasteiger partial charge in [0.15, 0.2) is 5.78 Å². The number of Topliss-reactive ketones (excluding diaryl/α,β-unsaturated/α-hetero) is 1. The number of carbonyl (C=O) groups excluding carboxylic acids is 1. The monoisotopic (exact) mass is 347 g/mol. The van der Waals surface area contributed by atoms with E-state index in [2.05, 4.69) is 4.72 Å².